The van der Waals surface area contributed by atoms with Crippen molar-refractivity contribution >= 4 is 0 Å². The minimum atomic E-state index is -0.0273. The molecule has 2 rings (SSSR count). The number of aliphatic hydroxyl groups is 1. The Morgan fingerprint density at radius 2 is 2.16 bits per heavy atom. The molecule has 0 spiro atoms. The van der Waals surface area contributed by atoms with Gasteiger partial charge in [0.15, 0.2) is 0 Å². The number of hydrogen-bond donors (Lipinski definition) is 1. The molecule has 106 valence electrons. The van der Waals surface area contributed by atoms with Gasteiger partial charge in [0.1, 0.15) is 5.75 Å². The van der Waals surface area contributed by atoms with Crippen molar-refractivity contribution in [3.05, 3.63) is 29.3 Å². The molecule has 1 aliphatic heterocycles. The summed E-state index contributed by atoms with van der Waals surface area (Å²) in [5.74, 6) is 1.05. The van der Waals surface area contributed by atoms with Crippen molar-refractivity contribution in [2.45, 2.75) is 26.7 Å². The van der Waals surface area contributed by atoms with Gasteiger partial charge in [0.05, 0.1) is 6.61 Å². The zero-order chi connectivity index (χ0) is 13.9. The Labute approximate surface area is 116 Å². The molecular weight excluding hydrogens is 238 g/mol. The van der Waals surface area contributed by atoms with E-state index in [9.17, 15) is 5.11 Å². The third-order valence-corrected chi connectivity index (χ3v) is 3.66. The lowest BCUT2D eigenvalue weighted by Gasteiger charge is -2.28. The highest BCUT2D eigenvalue weighted by Gasteiger charge is 2.19. The van der Waals surface area contributed by atoms with Crippen LogP contribution in [0.15, 0.2) is 18.2 Å². The maximum Gasteiger partial charge on any atom is 0.122 e. The largest absolute Gasteiger partial charge is 0.493 e. The van der Waals surface area contributed by atoms with E-state index < -0.39 is 0 Å². The van der Waals surface area contributed by atoms with E-state index in [1.807, 2.05) is 0 Å². The van der Waals surface area contributed by atoms with Gasteiger partial charge in [-0.25, -0.2) is 0 Å². The minimum absolute atomic E-state index is 0.0273. The molecule has 1 heterocycles. The lowest BCUT2D eigenvalue weighted by molar-refractivity contribution is 0.116. The lowest BCUT2D eigenvalue weighted by Crippen LogP contribution is -2.35. The first-order chi connectivity index (χ1) is 9.00. The van der Waals surface area contributed by atoms with Gasteiger partial charge in [0, 0.05) is 31.5 Å². The van der Waals surface area contributed by atoms with Crippen molar-refractivity contribution in [3.8, 4) is 5.75 Å². The molecular formula is C16H25NO2. The SMILES string of the molecule is CN(CCc1ccc2c(c1)CCO2)CC(C)(C)CO. The second kappa shape index (κ2) is 5.93. The van der Waals surface area contributed by atoms with Crippen molar-refractivity contribution < 1.29 is 9.84 Å². The summed E-state index contributed by atoms with van der Waals surface area (Å²) in [6.07, 6.45) is 2.09. The predicted octanol–water partition coefficient (Wildman–Crippen LogP) is 2.11. The summed E-state index contributed by atoms with van der Waals surface area (Å²) in [6.45, 7) is 7.17. The van der Waals surface area contributed by atoms with Crippen LogP contribution in [0.4, 0.5) is 0 Å². The average molecular weight is 263 g/mol. The summed E-state index contributed by atoms with van der Waals surface area (Å²) in [5, 5.41) is 9.29. The van der Waals surface area contributed by atoms with Gasteiger partial charge in [-0.05, 0) is 30.7 Å². The fourth-order valence-electron chi connectivity index (χ4n) is 2.58. The number of likely N-dealkylation sites (N-methyl/N-ethyl adjacent to an activating group) is 1. The van der Waals surface area contributed by atoms with Crippen LogP contribution in [0.3, 0.4) is 0 Å². The number of ether oxygens (including phenoxy) is 1. The van der Waals surface area contributed by atoms with Crippen LogP contribution in [-0.2, 0) is 12.8 Å². The molecule has 0 aromatic heterocycles. The van der Waals surface area contributed by atoms with Crippen molar-refractivity contribution in [3.63, 3.8) is 0 Å². The van der Waals surface area contributed by atoms with Crippen molar-refractivity contribution in [1.29, 1.82) is 0 Å². The van der Waals surface area contributed by atoms with Crippen LogP contribution in [0.1, 0.15) is 25.0 Å². The Hall–Kier alpha value is -1.06. The minimum Gasteiger partial charge on any atom is -0.493 e. The molecule has 3 nitrogen and oxygen atoms in total. The number of fused-ring (bicyclic) bond motifs is 1. The van der Waals surface area contributed by atoms with E-state index in [4.69, 9.17) is 4.74 Å². The first-order valence-electron chi connectivity index (χ1n) is 7.04. The normalized spacial score (nSPS) is 14.6. The van der Waals surface area contributed by atoms with Crippen LogP contribution in [0, 0.1) is 5.41 Å². The summed E-state index contributed by atoms with van der Waals surface area (Å²) in [4.78, 5) is 2.29. The summed E-state index contributed by atoms with van der Waals surface area (Å²) in [6, 6.07) is 6.53. The molecule has 3 heteroatoms. The molecule has 0 amide bonds. The van der Waals surface area contributed by atoms with Crippen LogP contribution in [0.25, 0.3) is 0 Å². The molecule has 0 fully saturated rings. The Morgan fingerprint density at radius 3 is 2.89 bits per heavy atom. The van der Waals surface area contributed by atoms with E-state index in [1.54, 1.807) is 0 Å². The highest BCUT2D eigenvalue weighted by Crippen LogP contribution is 2.26. The molecule has 0 unspecified atom stereocenters. The van der Waals surface area contributed by atoms with Crippen molar-refractivity contribution in [2.75, 3.05) is 33.4 Å². The third-order valence-electron chi connectivity index (χ3n) is 3.66. The summed E-state index contributed by atoms with van der Waals surface area (Å²) < 4.78 is 5.52. The molecule has 1 aromatic carbocycles. The maximum atomic E-state index is 9.29. The Morgan fingerprint density at radius 1 is 1.37 bits per heavy atom. The van der Waals surface area contributed by atoms with Crippen LogP contribution in [-0.4, -0.2) is 43.4 Å². The lowest BCUT2D eigenvalue weighted by atomic mass is 9.94. The van der Waals surface area contributed by atoms with Gasteiger partial charge in [-0.1, -0.05) is 26.0 Å². The predicted molar refractivity (Wildman–Crippen MR) is 77.7 cm³/mol. The van der Waals surface area contributed by atoms with Gasteiger partial charge in [0.25, 0.3) is 0 Å². The van der Waals surface area contributed by atoms with E-state index >= 15 is 0 Å². The molecule has 0 saturated heterocycles. The Balaban J connectivity index is 1.85. The molecule has 1 N–H and O–H groups in total. The van der Waals surface area contributed by atoms with Crippen LogP contribution < -0.4 is 4.74 Å². The maximum absolute atomic E-state index is 9.29. The summed E-state index contributed by atoms with van der Waals surface area (Å²) in [7, 11) is 2.12. The Kier molecular flexibility index (Phi) is 4.48. The van der Waals surface area contributed by atoms with Crippen molar-refractivity contribution in [2.24, 2.45) is 5.41 Å². The monoisotopic (exact) mass is 263 g/mol. The van der Waals surface area contributed by atoms with Gasteiger partial charge in [0.2, 0.25) is 0 Å². The molecule has 1 aromatic rings. The van der Waals surface area contributed by atoms with Crippen LogP contribution in [0.5, 0.6) is 5.75 Å². The number of nitrogens with zero attached hydrogens (tertiary/aromatic N) is 1. The quantitative estimate of drug-likeness (QED) is 0.853. The van der Waals surface area contributed by atoms with E-state index in [1.165, 1.54) is 11.1 Å². The third kappa shape index (κ3) is 3.95. The van der Waals surface area contributed by atoms with E-state index in [0.29, 0.717) is 0 Å². The second-order valence-corrected chi connectivity index (χ2v) is 6.35. The van der Waals surface area contributed by atoms with Gasteiger partial charge >= 0.3 is 0 Å². The smallest absolute Gasteiger partial charge is 0.122 e. The van der Waals surface area contributed by atoms with Gasteiger partial charge < -0.3 is 14.7 Å². The van der Waals surface area contributed by atoms with E-state index in [2.05, 4.69) is 44.0 Å². The highest BCUT2D eigenvalue weighted by atomic mass is 16.5. The van der Waals surface area contributed by atoms with Crippen LogP contribution in [0.2, 0.25) is 0 Å². The molecule has 19 heavy (non-hydrogen) atoms. The number of rotatable bonds is 6. The van der Waals surface area contributed by atoms with Gasteiger partial charge in [-0.15, -0.1) is 0 Å². The molecule has 1 aliphatic rings. The second-order valence-electron chi connectivity index (χ2n) is 6.35. The zero-order valence-electron chi connectivity index (χ0n) is 12.3. The molecule has 0 atom stereocenters. The average Bonchev–Trinajstić information content (AvgIpc) is 2.83. The first-order valence-corrected chi connectivity index (χ1v) is 7.04. The van der Waals surface area contributed by atoms with Crippen LogP contribution >= 0.6 is 0 Å². The standard InChI is InChI=1S/C16H25NO2/c1-16(2,12-18)11-17(3)8-6-13-4-5-15-14(10-13)7-9-19-15/h4-5,10,18H,6-9,11-12H2,1-3H3. The van der Waals surface area contributed by atoms with E-state index in [-0.39, 0.29) is 12.0 Å². The van der Waals surface area contributed by atoms with E-state index in [0.717, 1.165) is 38.3 Å². The molecule has 0 bridgehead atoms. The zero-order valence-corrected chi connectivity index (χ0v) is 12.3. The molecule has 0 saturated carbocycles. The number of benzene rings is 1. The molecule has 0 aliphatic carbocycles. The molecule has 0 radical (unpaired) electrons. The topological polar surface area (TPSA) is 32.7 Å². The summed E-state index contributed by atoms with van der Waals surface area (Å²) in [5.41, 5.74) is 2.69. The fourth-order valence-corrected chi connectivity index (χ4v) is 2.58. The Bertz CT molecular complexity index is 429. The number of hydrogen-bond acceptors (Lipinski definition) is 3. The number of aliphatic hydroxyl groups excluding tert-OH is 1. The highest BCUT2D eigenvalue weighted by molar-refractivity contribution is 5.39. The van der Waals surface area contributed by atoms with Crippen molar-refractivity contribution in [1.82, 2.24) is 4.90 Å². The fraction of sp³-hybridized carbons (Fsp3) is 0.625. The van der Waals surface area contributed by atoms with Gasteiger partial charge in [-0.3, -0.25) is 0 Å². The van der Waals surface area contributed by atoms with Gasteiger partial charge in [-0.2, -0.15) is 0 Å². The first kappa shape index (κ1) is 14.4. The summed E-state index contributed by atoms with van der Waals surface area (Å²) >= 11 is 0.